The van der Waals surface area contributed by atoms with E-state index in [2.05, 4.69) is 25.9 Å². The number of amidine groups is 1. The molecular weight excluding hydrogens is 400 g/mol. The van der Waals surface area contributed by atoms with Crippen molar-refractivity contribution in [1.82, 2.24) is 0 Å². The van der Waals surface area contributed by atoms with Gasteiger partial charge in [-0.05, 0) is 48.4 Å². The molecule has 2 aromatic rings. The van der Waals surface area contributed by atoms with Gasteiger partial charge in [0, 0.05) is 4.47 Å². The summed E-state index contributed by atoms with van der Waals surface area (Å²) >= 11 is 3.44. The number of carbonyl (C=O) groups is 1. The van der Waals surface area contributed by atoms with Crippen molar-refractivity contribution in [3.8, 4) is 17.2 Å². The molecule has 132 valence electrons. The first-order valence-electron chi connectivity index (χ1n) is 7.99. The fraction of sp³-hybridized carbons (Fsp3) is 0.211. The highest BCUT2D eigenvalue weighted by atomic mass is 79.9. The van der Waals surface area contributed by atoms with E-state index in [0.29, 0.717) is 35.1 Å². The molecule has 0 aliphatic carbocycles. The lowest BCUT2D eigenvalue weighted by Gasteiger charge is -2.27. The molecule has 2 aromatic carbocycles. The van der Waals surface area contributed by atoms with Gasteiger partial charge in [0.1, 0.15) is 23.2 Å². The van der Waals surface area contributed by atoms with Gasteiger partial charge in [0.25, 0.3) is 5.91 Å². The first-order chi connectivity index (χ1) is 12.6. The molecule has 6 nitrogen and oxygen atoms in total. The lowest BCUT2D eigenvalue weighted by molar-refractivity contribution is -0.120. The van der Waals surface area contributed by atoms with Crippen molar-refractivity contribution in [2.24, 2.45) is 15.9 Å². The predicted molar refractivity (Wildman–Crippen MR) is 100 cm³/mol. The molecule has 0 saturated heterocycles. The topological polar surface area (TPSA) is 69.5 Å². The minimum atomic E-state index is -0.503. The van der Waals surface area contributed by atoms with Crippen LogP contribution < -0.4 is 14.2 Å². The van der Waals surface area contributed by atoms with Crippen LogP contribution in [0.5, 0.6) is 17.2 Å². The fourth-order valence-corrected chi connectivity index (χ4v) is 3.42. The molecule has 1 atom stereocenters. The highest BCUT2D eigenvalue weighted by molar-refractivity contribution is 9.10. The van der Waals surface area contributed by atoms with Crippen LogP contribution >= 0.6 is 15.9 Å². The summed E-state index contributed by atoms with van der Waals surface area (Å²) in [6.07, 6.45) is 0.512. The van der Waals surface area contributed by atoms with E-state index in [1.807, 2.05) is 18.2 Å². The summed E-state index contributed by atoms with van der Waals surface area (Å²) in [6, 6.07) is 11.0. The van der Waals surface area contributed by atoms with Gasteiger partial charge in [-0.1, -0.05) is 15.9 Å². The molecule has 2 heterocycles. The Bertz CT molecular complexity index is 968. The van der Waals surface area contributed by atoms with Crippen molar-refractivity contribution in [1.29, 1.82) is 0 Å². The summed E-state index contributed by atoms with van der Waals surface area (Å²) < 4.78 is 17.5. The van der Waals surface area contributed by atoms with Gasteiger partial charge in [-0.3, -0.25) is 4.79 Å². The molecule has 1 unspecified atom stereocenters. The number of methoxy groups -OCH3 is 2. The number of fused-ring (bicyclic) bond motifs is 2. The molecule has 0 N–H and O–H groups in total. The summed E-state index contributed by atoms with van der Waals surface area (Å²) in [5.74, 6) is 1.73. The molecule has 0 saturated carbocycles. The highest BCUT2D eigenvalue weighted by Gasteiger charge is 2.36. The van der Waals surface area contributed by atoms with Gasteiger partial charge in [0.2, 0.25) is 5.90 Å². The Morgan fingerprint density at radius 1 is 1.12 bits per heavy atom. The Labute approximate surface area is 158 Å². The number of rotatable bonds is 3. The van der Waals surface area contributed by atoms with Gasteiger partial charge in [0.15, 0.2) is 5.84 Å². The van der Waals surface area contributed by atoms with E-state index in [9.17, 15) is 4.79 Å². The largest absolute Gasteiger partial charge is 0.497 e. The second kappa shape index (κ2) is 6.57. The van der Waals surface area contributed by atoms with Crippen LogP contribution in [-0.2, 0) is 11.2 Å². The normalized spacial score (nSPS) is 18.1. The van der Waals surface area contributed by atoms with Crippen molar-refractivity contribution in [3.05, 3.63) is 52.0 Å². The molecule has 1 amide bonds. The molecule has 0 radical (unpaired) electrons. The van der Waals surface area contributed by atoms with E-state index in [1.54, 1.807) is 32.4 Å². The van der Waals surface area contributed by atoms with E-state index >= 15 is 0 Å². The zero-order chi connectivity index (χ0) is 18.3. The minimum absolute atomic E-state index is 0.262. The van der Waals surface area contributed by atoms with Crippen molar-refractivity contribution in [2.75, 3.05) is 14.2 Å². The van der Waals surface area contributed by atoms with Crippen LogP contribution in [0.25, 0.3) is 0 Å². The zero-order valence-electron chi connectivity index (χ0n) is 14.2. The third-order valence-corrected chi connectivity index (χ3v) is 4.83. The van der Waals surface area contributed by atoms with Crippen LogP contribution in [0.1, 0.15) is 11.1 Å². The van der Waals surface area contributed by atoms with E-state index < -0.39 is 5.92 Å². The standard InChI is InChI=1S/C19H15BrN2O4/c1-24-12-4-6-16(25-2)13(9-12)17-21-18(23)14-8-10-7-11(20)3-5-15(10)26-19(14)22-17/h3-7,9,14H,8H2,1-2H3. The third-order valence-electron chi connectivity index (χ3n) is 4.34. The van der Waals surface area contributed by atoms with Gasteiger partial charge in [-0.25, -0.2) is 0 Å². The van der Waals surface area contributed by atoms with Crippen LogP contribution in [0, 0.1) is 5.92 Å². The van der Waals surface area contributed by atoms with Crippen molar-refractivity contribution in [2.45, 2.75) is 6.42 Å². The first-order valence-corrected chi connectivity index (χ1v) is 8.78. The molecule has 7 heteroatoms. The smallest absolute Gasteiger partial charge is 0.260 e. The molecule has 2 aliphatic rings. The van der Waals surface area contributed by atoms with Gasteiger partial charge in [-0.15, -0.1) is 0 Å². The van der Waals surface area contributed by atoms with E-state index in [1.165, 1.54) is 0 Å². The molecule has 0 fully saturated rings. The van der Waals surface area contributed by atoms with Crippen LogP contribution in [0.15, 0.2) is 50.9 Å². The number of hydrogen-bond donors (Lipinski definition) is 0. The Hall–Kier alpha value is -2.67. The number of hydrogen-bond acceptors (Lipinski definition) is 5. The van der Waals surface area contributed by atoms with Gasteiger partial charge in [0.05, 0.1) is 19.8 Å². The Morgan fingerprint density at radius 2 is 1.96 bits per heavy atom. The monoisotopic (exact) mass is 414 g/mol. The third kappa shape index (κ3) is 2.88. The average molecular weight is 415 g/mol. The molecule has 4 rings (SSSR count). The summed E-state index contributed by atoms with van der Waals surface area (Å²) in [5.41, 5.74) is 1.53. The van der Waals surface area contributed by atoms with Crippen molar-refractivity contribution >= 4 is 33.6 Å². The van der Waals surface area contributed by atoms with Gasteiger partial charge in [-0.2, -0.15) is 9.98 Å². The van der Waals surface area contributed by atoms with Gasteiger partial charge >= 0.3 is 0 Å². The van der Waals surface area contributed by atoms with Crippen LogP contribution in [0.3, 0.4) is 0 Å². The number of amides is 1. The summed E-state index contributed by atoms with van der Waals surface area (Å²) in [6.45, 7) is 0. The SMILES string of the molecule is COc1ccc(OC)c(C2=NC(=O)C3Cc4cc(Br)ccc4OC3=N2)c1. The Balaban J connectivity index is 1.76. The second-order valence-electron chi connectivity index (χ2n) is 5.90. The molecular formula is C19H15BrN2O4. The number of carbonyl (C=O) groups excluding carboxylic acids is 1. The first kappa shape index (κ1) is 16.8. The van der Waals surface area contributed by atoms with E-state index in [-0.39, 0.29) is 11.7 Å². The quantitative estimate of drug-likeness (QED) is 0.771. The Morgan fingerprint density at radius 3 is 2.73 bits per heavy atom. The van der Waals surface area contributed by atoms with Crippen molar-refractivity contribution in [3.63, 3.8) is 0 Å². The second-order valence-corrected chi connectivity index (χ2v) is 6.82. The number of aliphatic imine (C=N–C) groups is 2. The number of ether oxygens (including phenoxy) is 3. The minimum Gasteiger partial charge on any atom is -0.497 e. The van der Waals surface area contributed by atoms with E-state index in [0.717, 1.165) is 10.0 Å². The van der Waals surface area contributed by atoms with Crippen LogP contribution in [0.4, 0.5) is 0 Å². The lowest BCUT2D eigenvalue weighted by atomic mass is 9.94. The maximum atomic E-state index is 12.6. The summed E-state index contributed by atoms with van der Waals surface area (Å²) in [7, 11) is 3.12. The van der Waals surface area contributed by atoms with Gasteiger partial charge < -0.3 is 14.2 Å². The summed E-state index contributed by atoms with van der Waals surface area (Å²) in [5, 5.41) is 0. The lowest BCUT2D eigenvalue weighted by Crippen LogP contribution is -2.37. The molecule has 2 aliphatic heterocycles. The predicted octanol–water partition coefficient (Wildman–Crippen LogP) is 3.40. The van der Waals surface area contributed by atoms with Crippen molar-refractivity contribution < 1.29 is 19.0 Å². The highest BCUT2D eigenvalue weighted by Crippen LogP contribution is 2.34. The zero-order valence-corrected chi connectivity index (χ0v) is 15.7. The Kier molecular flexibility index (Phi) is 4.24. The average Bonchev–Trinajstić information content (AvgIpc) is 2.66. The maximum absolute atomic E-state index is 12.6. The maximum Gasteiger partial charge on any atom is 0.260 e. The number of nitrogens with zero attached hydrogens (tertiary/aromatic N) is 2. The number of halogens is 1. The summed E-state index contributed by atoms with van der Waals surface area (Å²) in [4.78, 5) is 21.3. The molecule has 0 aromatic heterocycles. The number of benzene rings is 2. The van der Waals surface area contributed by atoms with Crippen LogP contribution in [0.2, 0.25) is 0 Å². The van der Waals surface area contributed by atoms with E-state index in [4.69, 9.17) is 14.2 Å². The van der Waals surface area contributed by atoms with Crippen LogP contribution in [-0.4, -0.2) is 31.9 Å². The fourth-order valence-electron chi connectivity index (χ4n) is 3.01. The molecule has 0 spiro atoms. The molecule has 0 bridgehead atoms. The molecule has 26 heavy (non-hydrogen) atoms.